The number of azide groups is 1. The van der Waals surface area contributed by atoms with Crippen molar-refractivity contribution in [1.82, 2.24) is 0 Å². The van der Waals surface area contributed by atoms with Crippen LogP contribution in [0.25, 0.3) is 10.4 Å². The van der Waals surface area contributed by atoms with Gasteiger partial charge in [-0.15, -0.1) is 0 Å². The fourth-order valence-electron chi connectivity index (χ4n) is 1.23. The average molecular weight is 189 g/mol. The Morgan fingerprint density at radius 3 is 2.69 bits per heavy atom. The van der Waals surface area contributed by atoms with E-state index in [1.165, 1.54) is 6.92 Å². The van der Waals surface area contributed by atoms with E-state index in [2.05, 4.69) is 10.0 Å². The minimum atomic E-state index is -1.65. The van der Waals surface area contributed by atoms with Crippen LogP contribution in [0.3, 0.4) is 0 Å². The van der Waals surface area contributed by atoms with Gasteiger partial charge in [0.25, 0.3) is 0 Å². The summed E-state index contributed by atoms with van der Waals surface area (Å²) in [5.74, 6) is 0. The van der Waals surface area contributed by atoms with E-state index in [0.717, 1.165) is 0 Å². The van der Waals surface area contributed by atoms with Crippen LogP contribution in [0.1, 0.15) is 6.92 Å². The van der Waals surface area contributed by atoms with Crippen molar-refractivity contribution in [1.29, 1.82) is 0 Å². The van der Waals surface area contributed by atoms with Crippen LogP contribution < -0.4 is 0 Å². The fraction of sp³-hybridized carbons (Fsp3) is 1.00. The summed E-state index contributed by atoms with van der Waals surface area (Å²) in [6.07, 6.45) is -3.33. The number of rotatable bonds is 2. The summed E-state index contributed by atoms with van der Waals surface area (Å²) in [5, 5.41) is 30.9. The van der Waals surface area contributed by atoms with Crippen LogP contribution in [-0.2, 0) is 4.74 Å². The van der Waals surface area contributed by atoms with Crippen molar-refractivity contribution in [2.45, 2.75) is 31.0 Å². The molecule has 0 amide bonds. The molecule has 0 saturated carbocycles. The fourth-order valence-corrected chi connectivity index (χ4v) is 1.23. The molecule has 0 aromatic heterocycles. The van der Waals surface area contributed by atoms with Gasteiger partial charge in [-0.05, 0) is 12.5 Å². The molecular formula is C6H11N3O4. The number of hydrogen-bond donors (Lipinski definition) is 3. The maximum absolute atomic E-state index is 9.60. The molecule has 1 aliphatic rings. The van der Waals surface area contributed by atoms with Crippen LogP contribution in [0, 0.1) is 0 Å². The molecule has 0 unspecified atom stereocenters. The van der Waals surface area contributed by atoms with Crippen molar-refractivity contribution < 1.29 is 20.1 Å². The third-order valence-corrected chi connectivity index (χ3v) is 2.09. The van der Waals surface area contributed by atoms with Crippen LogP contribution in [-0.4, -0.2) is 46.0 Å². The summed E-state index contributed by atoms with van der Waals surface area (Å²) in [4.78, 5) is 2.46. The van der Waals surface area contributed by atoms with Crippen LogP contribution in [0.4, 0.5) is 0 Å². The predicted octanol–water partition coefficient (Wildman–Crippen LogP) is -0.874. The Labute approximate surface area is 74.2 Å². The maximum atomic E-state index is 9.60. The second kappa shape index (κ2) is 3.49. The van der Waals surface area contributed by atoms with E-state index in [0.29, 0.717) is 0 Å². The minimum Gasteiger partial charge on any atom is -0.394 e. The van der Waals surface area contributed by atoms with Crippen molar-refractivity contribution in [2.75, 3.05) is 6.61 Å². The molecule has 1 heterocycles. The van der Waals surface area contributed by atoms with Crippen LogP contribution >= 0.6 is 0 Å². The number of aliphatic hydroxyl groups is 3. The number of aliphatic hydroxyl groups excluding tert-OH is 2. The zero-order valence-corrected chi connectivity index (χ0v) is 7.03. The maximum Gasteiger partial charge on any atom is 0.168 e. The summed E-state index contributed by atoms with van der Waals surface area (Å²) in [6, 6.07) is 0. The van der Waals surface area contributed by atoms with E-state index in [1.807, 2.05) is 0 Å². The van der Waals surface area contributed by atoms with Gasteiger partial charge < -0.3 is 20.1 Å². The average Bonchev–Trinajstić information content (AvgIpc) is 2.29. The van der Waals surface area contributed by atoms with Gasteiger partial charge in [-0.1, -0.05) is 5.11 Å². The monoisotopic (exact) mass is 189 g/mol. The van der Waals surface area contributed by atoms with Crippen molar-refractivity contribution in [3.8, 4) is 0 Å². The van der Waals surface area contributed by atoms with Gasteiger partial charge >= 0.3 is 0 Å². The molecule has 4 atom stereocenters. The second-order valence-corrected chi connectivity index (χ2v) is 3.09. The number of ether oxygens (including phenoxy) is 1. The highest BCUT2D eigenvalue weighted by molar-refractivity contribution is 4.99. The molecule has 0 aromatic rings. The smallest absolute Gasteiger partial charge is 0.168 e. The zero-order valence-electron chi connectivity index (χ0n) is 7.03. The zero-order chi connectivity index (χ0) is 10.1. The number of nitrogens with zero attached hydrogens (tertiary/aromatic N) is 3. The van der Waals surface area contributed by atoms with Crippen molar-refractivity contribution in [2.24, 2.45) is 5.11 Å². The quantitative estimate of drug-likeness (QED) is 0.297. The first-order valence-corrected chi connectivity index (χ1v) is 3.75. The molecule has 1 rings (SSSR count). The second-order valence-electron chi connectivity index (χ2n) is 3.09. The molecule has 13 heavy (non-hydrogen) atoms. The van der Waals surface area contributed by atoms with Gasteiger partial charge in [-0.25, -0.2) is 0 Å². The van der Waals surface area contributed by atoms with Gasteiger partial charge in [-0.3, -0.25) is 0 Å². The van der Waals surface area contributed by atoms with Crippen molar-refractivity contribution >= 4 is 0 Å². The van der Waals surface area contributed by atoms with Gasteiger partial charge in [-0.2, -0.15) is 0 Å². The Kier molecular flexibility index (Phi) is 2.74. The lowest BCUT2D eigenvalue weighted by atomic mass is 9.97. The molecule has 0 bridgehead atoms. The lowest BCUT2D eigenvalue weighted by Crippen LogP contribution is -2.45. The van der Waals surface area contributed by atoms with Crippen molar-refractivity contribution in [3.05, 3.63) is 10.4 Å². The standard InChI is InChI=1S/C6H11N3O4/c1-6(12)4(11)3(2-10)13-5(6)8-9-7/h3-5,10-12H,2H2,1H3/t3-,4-,5-,6-/m1/s1. The van der Waals surface area contributed by atoms with Gasteiger partial charge in [0, 0.05) is 4.91 Å². The topological polar surface area (TPSA) is 119 Å². The lowest BCUT2D eigenvalue weighted by molar-refractivity contribution is -0.0606. The SMILES string of the molecule is C[C@]1(O)[C@H](N=[N+]=[N-])O[C@H](CO)[C@H]1O. The van der Waals surface area contributed by atoms with E-state index in [4.69, 9.17) is 15.4 Å². The van der Waals surface area contributed by atoms with E-state index in [-0.39, 0.29) is 0 Å². The normalized spacial score (nSPS) is 44.5. The molecule has 7 heteroatoms. The molecule has 74 valence electrons. The molecule has 1 saturated heterocycles. The van der Waals surface area contributed by atoms with E-state index in [1.54, 1.807) is 0 Å². The minimum absolute atomic E-state index is 0.436. The highest BCUT2D eigenvalue weighted by atomic mass is 16.6. The molecule has 0 spiro atoms. The molecule has 0 aliphatic carbocycles. The first-order chi connectivity index (χ1) is 6.04. The molecular weight excluding hydrogens is 178 g/mol. The molecule has 0 aromatic carbocycles. The Balaban J connectivity index is 2.85. The van der Waals surface area contributed by atoms with Crippen molar-refractivity contribution in [3.63, 3.8) is 0 Å². The molecule has 1 aliphatic heterocycles. The van der Waals surface area contributed by atoms with Gasteiger partial charge in [0.2, 0.25) is 0 Å². The third kappa shape index (κ3) is 1.60. The first kappa shape index (κ1) is 10.2. The van der Waals surface area contributed by atoms with Gasteiger partial charge in [0.05, 0.1) is 6.61 Å². The largest absolute Gasteiger partial charge is 0.394 e. The molecule has 7 nitrogen and oxygen atoms in total. The summed E-state index contributed by atoms with van der Waals surface area (Å²) < 4.78 is 4.91. The van der Waals surface area contributed by atoms with E-state index in [9.17, 15) is 10.2 Å². The van der Waals surface area contributed by atoms with Gasteiger partial charge in [0.1, 0.15) is 17.8 Å². The molecule has 1 fully saturated rings. The van der Waals surface area contributed by atoms with Gasteiger partial charge in [0.15, 0.2) is 6.23 Å². The van der Waals surface area contributed by atoms with E-state index < -0.39 is 30.6 Å². The van der Waals surface area contributed by atoms with Crippen LogP contribution in [0.5, 0.6) is 0 Å². The third-order valence-electron chi connectivity index (χ3n) is 2.09. The molecule has 0 radical (unpaired) electrons. The summed E-state index contributed by atoms with van der Waals surface area (Å²) in [6.45, 7) is 0.849. The summed E-state index contributed by atoms with van der Waals surface area (Å²) in [5.41, 5.74) is 6.47. The first-order valence-electron chi connectivity index (χ1n) is 3.75. The lowest BCUT2D eigenvalue weighted by Gasteiger charge is -2.23. The van der Waals surface area contributed by atoms with Crippen LogP contribution in [0.15, 0.2) is 5.11 Å². The Morgan fingerprint density at radius 1 is 1.69 bits per heavy atom. The van der Waals surface area contributed by atoms with E-state index >= 15 is 0 Å². The Morgan fingerprint density at radius 2 is 2.31 bits per heavy atom. The highest BCUT2D eigenvalue weighted by Gasteiger charge is 2.51. The number of hydrogen-bond acceptors (Lipinski definition) is 5. The molecule has 3 N–H and O–H groups in total. The highest BCUT2D eigenvalue weighted by Crippen LogP contribution is 2.31. The predicted molar refractivity (Wildman–Crippen MR) is 41.5 cm³/mol. The Hall–Kier alpha value is -0.850. The summed E-state index contributed by atoms with van der Waals surface area (Å²) in [7, 11) is 0. The van der Waals surface area contributed by atoms with Crippen LogP contribution in [0.2, 0.25) is 0 Å². The summed E-state index contributed by atoms with van der Waals surface area (Å²) >= 11 is 0. The Bertz CT molecular complexity index is 238.